The molecule has 0 aliphatic heterocycles. The fourth-order valence-electron chi connectivity index (χ4n) is 2.92. The van der Waals surface area contributed by atoms with E-state index < -0.39 is 21.9 Å². The van der Waals surface area contributed by atoms with E-state index in [-0.39, 0.29) is 4.90 Å². The number of nitrogens with zero attached hydrogens (tertiary/aromatic N) is 1. The maximum atomic E-state index is 13.4. The molecule has 0 bridgehead atoms. The summed E-state index contributed by atoms with van der Waals surface area (Å²) in [4.78, 5) is -0.00130. The minimum atomic E-state index is -3.97. The average Bonchev–Trinajstić information content (AvgIpc) is 2.70. The van der Waals surface area contributed by atoms with Crippen LogP contribution in [-0.4, -0.2) is 15.5 Å². The molecule has 3 aromatic rings. The van der Waals surface area contributed by atoms with Crippen LogP contribution < -0.4 is 9.04 Å². The van der Waals surface area contributed by atoms with Gasteiger partial charge in [0.2, 0.25) is 0 Å². The molecule has 1 atom stereocenters. The van der Waals surface area contributed by atoms with Crippen LogP contribution in [0.4, 0.5) is 10.1 Å². The van der Waals surface area contributed by atoms with E-state index >= 15 is 0 Å². The van der Waals surface area contributed by atoms with Crippen LogP contribution in [0.25, 0.3) is 0 Å². The number of hydrogen-bond acceptors (Lipinski definition) is 3. The molecule has 3 rings (SSSR count). The van der Waals surface area contributed by atoms with Crippen LogP contribution in [0.1, 0.15) is 18.5 Å². The van der Waals surface area contributed by atoms with Crippen molar-refractivity contribution in [3.8, 4) is 5.75 Å². The zero-order valence-corrected chi connectivity index (χ0v) is 16.9. The van der Waals surface area contributed by atoms with Gasteiger partial charge in [0.25, 0.3) is 10.0 Å². The van der Waals surface area contributed by atoms with Gasteiger partial charge < -0.3 is 4.74 Å². The summed E-state index contributed by atoms with van der Waals surface area (Å²) in [7, 11) is -2.42. The van der Waals surface area contributed by atoms with Gasteiger partial charge in [-0.3, -0.25) is 4.31 Å². The van der Waals surface area contributed by atoms with Gasteiger partial charge in [-0.25, -0.2) is 12.8 Å². The molecule has 0 aromatic heterocycles. The van der Waals surface area contributed by atoms with E-state index in [4.69, 9.17) is 16.3 Å². The Kier molecular flexibility index (Phi) is 5.91. The highest BCUT2D eigenvalue weighted by atomic mass is 35.5. The lowest BCUT2D eigenvalue weighted by Crippen LogP contribution is -2.33. The highest BCUT2D eigenvalue weighted by molar-refractivity contribution is 7.92. The molecule has 0 N–H and O–H groups in total. The molecule has 4 nitrogen and oxygen atoms in total. The second kappa shape index (κ2) is 8.20. The lowest BCUT2D eigenvalue weighted by Gasteiger charge is -2.31. The van der Waals surface area contributed by atoms with Gasteiger partial charge in [0.1, 0.15) is 11.6 Å². The van der Waals surface area contributed by atoms with Crippen LogP contribution in [0.5, 0.6) is 5.75 Å². The molecule has 0 amide bonds. The lowest BCUT2D eigenvalue weighted by atomic mass is 10.1. The maximum absolute atomic E-state index is 13.4. The first-order valence-corrected chi connectivity index (χ1v) is 10.3. The van der Waals surface area contributed by atoms with Gasteiger partial charge in [0, 0.05) is 5.02 Å². The number of halogens is 2. The summed E-state index contributed by atoms with van der Waals surface area (Å²) < 4.78 is 46.7. The van der Waals surface area contributed by atoms with Crippen LogP contribution in [0.3, 0.4) is 0 Å². The Morgan fingerprint density at radius 2 is 1.64 bits per heavy atom. The summed E-state index contributed by atoms with van der Waals surface area (Å²) in [5.74, 6) is 0.123. The fraction of sp³-hybridized carbons (Fsp3) is 0.143. The second-order valence-electron chi connectivity index (χ2n) is 6.18. The minimum absolute atomic E-state index is 0.00130. The normalized spacial score (nSPS) is 12.4. The molecule has 3 aromatic carbocycles. The van der Waals surface area contributed by atoms with Crippen LogP contribution in [0, 0.1) is 5.82 Å². The Balaban J connectivity index is 2.14. The van der Waals surface area contributed by atoms with Gasteiger partial charge in [-0.1, -0.05) is 23.7 Å². The minimum Gasteiger partial charge on any atom is -0.497 e. The number of ether oxygens (including phenoxy) is 1. The average molecular weight is 420 g/mol. The van der Waals surface area contributed by atoms with E-state index in [1.165, 1.54) is 16.4 Å². The third-order valence-electron chi connectivity index (χ3n) is 4.38. The Hall–Kier alpha value is -2.57. The van der Waals surface area contributed by atoms with Crippen molar-refractivity contribution >= 4 is 27.3 Å². The molecular formula is C21H19ClFNO3S. The third kappa shape index (κ3) is 4.13. The van der Waals surface area contributed by atoms with Crippen molar-refractivity contribution in [1.29, 1.82) is 0 Å². The first-order chi connectivity index (χ1) is 13.3. The van der Waals surface area contributed by atoms with E-state index in [9.17, 15) is 12.8 Å². The quantitative estimate of drug-likeness (QED) is 0.534. The van der Waals surface area contributed by atoms with Crippen molar-refractivity contribution in [2.75, 3.05) is 11.4 Å². The molecule has 0 saturated carbocycles. The molecule has 7 heteroatoms. The van der Waals surface area contributed by atoms with E-state index in [1.807, 2.05) is 6.07 Å². The van der Waals surface area contributed by atoms with Crippen molar-refractivity contribution in [2.24, 2.45) is 0 Å². The Labute approximate surface area is 169 Å². The molecule has 0 aliphatic rings. The summed E-state index contributed by atoms with van der Waals surface area (Å²) in [5, 5.41) is 0.497. The van der Waals surface area contributed by atoms with Crippen molar-refractivity contribution < 1.29 is 17.5 Å². The molecule has 1 unspecified atom stereocenters. The third-order valence-corrected chi connectivity index (χ3v) is 6.54. The van der Waals surface area contributed by atoms with Crippen molar-refractivity contribution in [2.45, 2.75) is 17.9 Å². The molecule has 0 radical (unpaired) electrons. The Morgan fingerprint density at radius 1 is 1.00 bits per heavy atom. The van der Waals surface area contributed by atoms with Crippen molar-refractivity contribution in [3.63, 3.8) is 0 Å². The molecule has 0 saturated heterocycles. The van der Waals surface area contributed by atoms with Crippen molar-refractivity contribution in [3.05, 3.63) is 89.2 Å². The van der Waals surface area contributed by atoms with E-state index in [1.54, 1.807) is 56.5 Å². The predicted octanol–water partition coefficient (Wildman–Crippen LogP) is 5.44. The fourth-order valence-corrected chi connectivity index (χ4v) is 4.69. The summed E-state index contributed by atoms with van der Waals surface area (Å²) in [6.07, 6.45) is 0. The smallest absolute Gasteiger partial charge is 0.264 e. The first kappa shape index (κ1) is 20.2. The molecular weight excluding hydrogens is 401 g/mol. The van der Waals surface area contributed by atoms with Gasteiger partial charge in [0.05, 0.1) is 23.7 Å². The van der Waals surface area contributed by atoms with Gasteiger partial charge in [0.15, 0.2) is 0 Å². The Morgan fingerprint density at radius 3 is 2.25 bits per heavy atom. The van der Waals surface area contributed by atoms with E-state index in [2.05, 4.69) is 0 Å². The van der Waals surface area contributed by atoms with Crippen LogP contribution >= 0.6 is 11.6 Å². The van der Waals surface area contributed by atoms with E-state index in [0.29, 0.717) is 16.5 Å². The molecule has 0 fully saturated rings. The zero-order chi connectivity index (χ0) is 20.3. The summed E-state index contributed by atoms with van der Waals surface area (Å²) in [6, 6.07) is 18.0. The van der Waals surface area contributed by atoms with Gasteiger partial charge in [-0.15, -0.1) is 0 Å². The van der Waals surface area contributed by atoms with Gasteiger partial charge in [-0.05, 0) is 73.2 Å². The molecule has 0 aliphatic carbocycles. The zero-order valence-electron chi connectivity index (χ0n) is 15.3. The Bertz CT molecular complexity index is 1050. The number of methoxy groups -OCH3 is 1. The number of anilines is 1. The number of sulfonamides is 1. The van der Waals surface area contributed by atoms with Crippen LogP contribution in [-0.2, 0) is 10.0 Å². The highest BCUT2D eigenvalue weighted by Gasteiger charge is 2.30. The van der Waals surface area contributed by atoms with Crippen LogP contribution in [0.15, 0.2) is 77.7 Å². The number of hydrogen-bond donors (Lipinski definition) is 0. The topological polar surface area (TPSA) is 46.6 Å². The first-order valence-electron chi connectivity index (χ1n) is 8.52. The molecule has 146 valence electrons. The van der Waals surface area contributed by atoms with Gasteiger partial charge >= 0.3 is 0 Å². The molecule has 0 spiro atoms. The molecule has 0 heterocycles. The summed E-state index contributed by atoms with van der Waals surface area (Å²) >= 11 is 5.98. The maximum Gasteiger partial charge on any atom is 0.264 e. The number of benzene rings is 3. The highest BCUT2D eigenvalue weighted by Crippen LogP contribution is 2.34. The monoisotopic (exact) mass is 419 g/mol. The van der Waals surface area contributed by atoms with Gasteiger partial charge in [-0.2, -0.15) is 0 Å². The summed E-state index contributed by atoms with van der Waals surface area (Å²) in [5.41, 5.74) is 1.20. The van der Waals surface area contributed by atoms with Crippen molar-refractivity contribution in [1.82, 2.24) is 0 Å². The largest absolute Gasteiger partial charge is 0.497 e. The predicted molar refractivity (Wildman–Crippen MR) is 109 cm³/mol. The lowest BCUT2D eigenvalue weighted by molar-refractivity contribution is 0.414. The standard InChI is InChI=1S/C21H19ClFNO3S/c1-15(16-4-3-5-20(14-16)27-2)24(19-10-6-17(22)7-11-19)28(25,26)21-12-8-18(23)9-13-21/h3-15H,1-2H3. The SMILES string of the molecule is COc1cccc(C(C)N(c2ccc(Cl)cc2)S(=O)(=O)c2ccc(F)cc2)c1. The van der Waals surface area contributed by atoms with E-state index in [0.717, 1.165) is 17.7 Å². The second-order valence-corrected chi connectivity index (χ2v) is 8.44. The van der Waals surface area contributed by atoms with Crippen LogP contribution in [0.2, 0.25) is 5.02 Å². The summed E-state index contributed by atoms with van der Waals surface area (Å²) in [6.45, 7) is 1.78. The molecule has 28 heavy (non-hydrogen) atoms. The number of rotatable bonds is 6.